The summed E-state index contributed by atoms with van der Waals surface area (Å²) < 4.78 is 0. The molecule has 0 amide bonds. The standard InChI is InChI=1S/C12H7N3O2/c13-5-8-2-1-3-9(4-8)10-6-14-11(12(16)17)15-7-10/h1-4,6-7H,(H,16,17). The first-order chi connectivity index (χ1) is 8.20. The fraction of sp³-hybridized carbons (Fsp3) is 0. The van der Waals surface area contributed by atoms with Crippen LogP contribution in [0.2, 0.25) is 0 Å². The highest BCUT2D eigenvalue weighted by atomic mass is 16.4. The number of hydrogen-bond acceptors (Lipinski definition) is 4. The third-order valence-corrected chi connectivity index (χ3v) is 2.17. The Morgan fingerprint density at radius 3 is 2.53 bits per heavy atom. The summed E-state index contributed by atoms with van der Waals surface area (Å²) >= 11 is 0. The molecule has 0 saturated carbocycles. The van der Waals surface area contributed by atoms with E-state index in [-0.39, 0.29) is 5.82 Å². The third kappa shape index (κ3) is 2.26. The van der Waals surface area contributed by atoms with Gasteiger partial charge in [-0.05, 0) is 17.7 Å². The lowest BCUT2D eigenvalue weighted by atomic mass is 10.1. The summed E-state index contributed by atoms with van der Waals surface area (Å²) in [5, 5.41) is 17.4. The zero-order valence-corrected chi connectivity index (χ0v) is 8.66. The molecule has 1 aromatic carbocycles. The Kier molecular flexibility index (Phi) is 2.79. The van der Waals surface area contributed by atoms with Gasteiger partial charge in [-0.25, -0.2) is 14.8 Å². The van der Waals surface area contributed by atoms with E-state index in [0.29, 0.717) is 11.1 Å². The lowest BCUT2D eigenvalue weighted by Gasteiger charge is -2.01. The van der Waals surface area contributed by atoms with E-state index < -0.39 is 5.97 Å². The second-order valence-electron chi connectivity index (χ2n) is 3.29. The first-order valence-corrected chi connectivity index (χ1v) is 4.76. The Hall–Kier alpha value is -2.74. The second kappa shape index (κ2) is 4.41. The number of carboxylic acid groups (broad SMARTS) is 1. The minimum absolute atomic E-state index is 0.245. The van der Waals surface area contributed by atoms with Crippen molar-refractivity contribution in [2.45, 2.75) is 0 Å². The lowest BCUT2D eigenvalue weighted by molar-refractivity contribution is 0.0683. The van der Waals surface area contributed by atoms with Crippen LogP contribution in [0.1, 0.15) is 16.2 Å². The summed E-state index contributed by atoms with van der Waals surface area (Å²) in [6, 6.07) is 8.97. The van der Waals surface area contributed by atoms with Crippen molar-refractivity contribution < 1.29 is 9.90 Å². The largest absolute Gasteiger partial charge is 0.475 e. The molecule has 0 aliphatic rings. The zero-order chi connectivity index (χ0) is 12.3. The summed E-state index contributed by atoms with van der Waals surface area (Å²) in [4.78, 5) is 18.0. The Labute approximate surface area is 97.0 Å². The maximum atomic E-state index is 10.6. The SMILES string of the molecule is N#Cc1cccc(-c2cnc(C(=O)O)nc2)c1. The molecule has 0 fully saturated rings. The summed E-state index contributed by atoms with van der Waals surface area (Å²) in [5.41, 5.74) is 1.98. The molecule has 0 spiro atoms. The Morgan fingerprint density at radius 1 is 1.24 bits per heavy atom. The van der Waals surface area contributed by atoms with Crippen molar-refractivity contribution in [2.24, 2.45) is 0 Å². The van der Waals surface area contributed by atoms with Crippen molar-refractivity contribution in [3.8, 4) is 17.2 Å². The molecular weight excluding hydrogens is 218 g/mol. The van der Waals surface area contributed by atoms with E-state index in [1.165, 1.54) is 12.4 Å². The highest BCUT2D eigenvalue weighted by Gasteiger charge is 2.06. The number of nitriles is 1. The molecule has 17 heavy (non-hydrogen) atoms. The molecule has 2 aromatic rings. The molecule has 0 unspecified atom stereocenters. The van der Waals surface area contributed by atoms with Gasteiger partial charge in [-0.2, -0.15) is 5.26 Å². The molecule has 1 N–H and O–H groups in total. The third-order valence-electron chi connectivity index (χ3n) is 2.17. The molecule has 0 aliphatic carbocycles. The van der Waals surface area contributed by atoms with Gasteiger partial charge in [0, 0.05) is 18.0 Å². The number of carboxylic acids is 1. The zero-order valence-electron chi connectivity index (χ0n) is 8.66. The molecule has 1 aromatic heterocycles. The van der Waals surface area contributed by atoms with Gasteiger partial charge in [-0.15, -0.1) is 0 Å². The number of rotatable bonds is 2. The Bertz CT molecular complexity index is 600. The van der Waals surface area contributed by atoms with E-state index in [9.17, 15) is 4.79 Å². The van der Waals surface area contributed by atoms with Crippen LogP contribution in [0.3, 0.4) is 0 Å². The van der Waals surface area contributed by atoms with Crippen LogP contribution < -0.4 is 0 Å². The molecule has 5 heteroatoms. The minimum atomic E-state index is -1.16. The molecule has 0 bridgehead atoms. The smallest absolute Gasteiger partial charge is 0.373 e. The first-order valence-electron chi connectivity index (χ1n) is 4.76. The van der Waals surface area contributed by atoms with Gasteiger partial charge in [0.15, 0.2) is 0 Å². The van der Waals surface area contributed by atoms with Crippen LogP contribution in [0, 0.1) is 11.3 Å². The lowest BCUT2D eigenvalue weighted by Crippen LogP contribution is -2.03. The van der Waals surface area contributed by atoms with Crippen LogP contribution in [-0.4, -0.2) is 21.0 Å². The fourth-order valence-corrected chi connectivity index (χ4v) is 1.36. The Morgan fingerprint density at radius 2 is 1.94 bits per heavy atom. The molecule has 82 valence electrons. The van der Waals surface area contributed by atoms with Gasteiger partial charge in [-0.3, -0.25) is 0 Å². The van der Waals surface area contributed by atoms with Gasteiger partial charge >= 0.3 is 5.97 Å². The number of hydrogen-bond donors (Lipinski definition) is 1. The maximum Gasteiger partial charge on any atom is 0.373 e. The molecule has 1 heterocycles. The van der Waals surface area contributed by atoms with Gasteiger partial charge < -0.3 is 5.11 Å². The van der Waals surface area contributed by atoms with Crippen LogP contribution in [0.25, 0.3) is 11.1 Å². The number of nitrogens with zero attached hydrogens (tertiary/aromatic N) is 3. The molecule has 0 saturated heterocycles. The van der Waals surface area contributed by atoms with E-state index >= 15 is 0 Å². The van der Waals surface area contributed by atoms with Crippen LogP contribution in [0.4, 0.5) is 0 Å². The predicted octanol–water partition coefficient (Wildman–Crippen LogP) is 1.71. The first kappa shape index (κ1) is 10.8. The van der Waals surface area contributed by atoms with Crippen molar-refractivity contribution in [1.29, 1.82) is 5.26 Å². The van der Waals surface area contributed by atoms with Crippen molar-refractivity contribution in [1.82, 2.24) is 9.97 Å². The fourth-order valence-electron chi connectivity index (χ4n) is 1.36. The van der Waals surface area contributed by atoms with Crippen molar-refractivity contribution >= 4 is 5.97 Å². The minimum Gasteiger partial charge on any atom is -0.475 e. The Balaban J connectivity index is 2.40. The van der Waals surface area contributed by atoms with E-state index in [2.05, 4.69) is 9.97 Å². The van der Waals surface area contributed by atoms with Crippen molar-refractivity contribution in [2.75, 3.05) is 0 Å². The molecule has 0 atom stereocenters. The average Bonchev–Trinajstić information content (AvgIpc) is 2.39. The molecule has 5 nitrogen and oxygen atoms in total. The van der Waals surface area contributed by atoms with Gasteiger partial charge in [0.25, 0.3) is 0 Å². The summed E-state index contributed by atoms with van der Waals surface area (Å²) in [6.45, 7) is 0. The topological polar surface area (TPSA) is 86.9 Å². The van der Waals surface area contributed by atoms with Crippen LogP contribution in [0.15, 0.2) is 36.7 Å². The van der Waals surface area contributed by atoms with Crippen LogP contribution in [-0.2, 0) is 0 Å². The van der Waals surface area contributed by atoms with Gasteiger partial charge in [0.2, 0.25) is 5.82 Å². The number of benzene rings is 1. The van der Waals surface area contributed by atoms with Gasteiger partial charge in [0.1, 0.15) is 0 Å². The molecule has 0 aliphatic heterocycles. The van der Waals surface area contributed by atoms with E-state index in [1.54, 1.807) is 24.3 Å². The molecule has 2 rings (SSSR count). The number of carbonyl (C=O) groups is 1. The summed E-state index contributed by atoms with van der Waals surface area (Å²) in [7, 11) is 0. The number of aromatic carboxylic acids is 1. The second-order valence-corrected chi connectivity index (χ2v) is 3.29. The summed E-state index contributed by atoms with van der Waals surface area (Å²) in [5.74, 6) is -1.41. The monoisotopic (exact) mass is 225 g/mol. The average molecular weight is 225 g/mol. The predicted molar refractivity (Wildman–Crippen MR) is 59.1 cm³/mol. The summed E-state index contributed by atoms with van der Waals surface area (Å²) in [6.07, 6.45) is 2.85. The van der Waals surface area contributed by atoms with E-state index in [1.807, 2.05) is 6.07 Å². The van der Waals surface area contributed by atoms with Crippen LogP contribution >= 0.6 is 0 Å². The quantitative estimate of drug-likeness (QED) is 0.840. The molecule has 0 radical (unpaired) electrons. The maximum absolute atomic E-state index is 10.6. The van der Waals surface area contributed by atoms with Crippen molar-refractivity contribution in [3.63, 3.8) is 0 Å². The van der Waals surface area contributed by atoms with Gasteiger partial charge in [0.05, 0.1) is 11.6 Å². The van der Waals surface area contributed by atoms with Crippen molar-refractivity contribution in [3.05, 3.63) is 48.0 Å². The highest BCUT2D eigenvalue weighted by molar-refractivity contribution is 5.83. The van der Waals surface area contributed by atoms with Crippen LogP contribution in [0.5, 0.6) is 0 Å². The number of aromatic nitrogens is 2. The highest BCUT2D eigenvalue weighted by Crippen LogP contribution is 2.18. The normalized spacial score (nSPS) is 9.59. The van der Waals surface area contributed by atoms with E-state index in [4.69, 9.17) is 10.4 Å². The molecular formula is C12H7N3O2. The van der Waals surface area contributed by atoms with E-state index in [0.717, 1.165) is 5.56 Å². The van der Waals surface area contributed by atoms with Gasteiger partial charge in [-0.1, -0.05) is 12.1 Å².